The molecule has 1 heterocycles. The first-order valence-electron chi connectivity index (χ1n) is 7.73. The van der Waals surface area contributed by atoms with Gasteiger partial charge in [0, 0.05) is 22.5 Å². The highest BCUT2D eigenvalue weighted by molar-refractivity contribution is 9.10. The molecule has 0 saturated heterocycles. The van der Waals surface area contributed by atoms with Crippen molar-refractivity contribution >= 4 is 56.4 Å². The summed E-state index contributed by atoms with van der Waals surface area (Å²) in [7, 11) is 0. The van der Waals surface area contributed by atoms with Crippen molar-refractivity contribution < 1.29 is 4.39 Å². The fourth-order valence-corrected chi connectivity index (χ4v) is 3.11. The maximum Gasteiger partial charge on any atom is 0.176 e. The van der Waals surface area contributed by atoms with Crippen LogP contribution < -0.4 is 10.6 Å². The van der Waals surface area contributed by atoms with Gasteiger partial charge in [0.1, 0.15) is 5.82 Å². The zero-order valence-electron chi connectivity index (χ0n) is 13.8. The number of hydrogen-bond donors (Lipinski definition) is 2. The lowest BCUT2D eigenvalue weighted by Crippen LogP contribution is -2.19. The standard InChI is InChI=1S/C18H15BrClFN4S/c1-11-6-7-13(8-15(11)20)22-18(26)23-17-14(19)10-25(24-17)9-12-4-2-3-5-16(12)21/h2-8,10H,9H2,1H3,(H2,22,23,24,26). The number of halogens is 3. The molecule has 0 atom stereocenters. The van der Waals surface area contributed by atoms with Crippen LogP contribution in [0.4, 0.5) is 15.9 Å². The minimum atomic E-state index is -0.262. The zero-order valence-corrected chi connectivity index (χ0v) is 16.9. The monoisotopic (exact) mass is 452 g/mol. The van der Waals surface area contributed by atoms with Crippen LogP contribution in [0.15, 0.2) is 53.1 Å². The van der Waals surface area contributed by atoms with E-state index in [9.17, 15) is 4.39 Å². The third kappa shape index (κ3) is 4.60. The van der Waals surface area contributed by atoms with E-state index in [4.69, 9.17) is 23.8 Å². The van der Waals surface area contributed by atoms with Crippen LogP contribution in [0.5, 0.6) is 0 Å². The molecule has 0 aliphatic heterocycles. The summed E-state index contributed by atoms with van der Waals surface area (Å²) >= 11 is 14.9. The Morgan fingerprint density at radius 1 is 1.27 bits per heavy atom. The van der Waals surface area contributed by atoms with Crippen LogP contribution in [0.2, 0.25) is 5.02 Å². The summed E-state index contributed by atoms with van der Waals surface area (Å²) in [6.45, 7) is 2.25. The Hall–Kier alpha value is -1.96. The minimum absolute atomic E-state index is 0.262. The van der Waals surface area contributed by atoms with Gasteiger partial charge < -0.3 is 10.6 Å². The van der Waals surface area contributed by atoms with E-state index >= 15 is 0 Å². The van der Waals surface area contributed by atoms with Gasteiger partial charge >= 0.3 is 0 Å². The maximum absolute atomic E-state index is 13.8. The van der Waals surface area contributed by atoms with E-state index in [0.717, 1.165) is 15.7 Å². The number of anilines is 2. The Morgan fingerprint density at radius 2 is 2.04 bits per heavy atom. The van der Waals surface area contributed by atoms with Crippen molar-refractivity contribution in [3.63, 3.8) is 0 Å². The summed E-state index contributed by atoms with van der Waals surface area (Å²) in [5.41, 5.74) is 2.33. The molecule has 0 amide bonds. The van der Waals surface area contributed by atoms with Crippen LogP contribution in [0.1, 0.15) is 11.1 Å². The third-order valence-electron chi connectivity index (χ3n) is 3.67. The predicted molar refractivity (Wildman–Crippen MR) is 111 cm³/mol. The molecule has 0 saturated carbocycles. The molecule has 0 bridgehead atoms. The molecule has 0 fully saturated rings. The van der Waals surface area contributed by atoms with E-state index in [2.05, 4.69) is 31.7 Å². The molecule has 0 unspecified atom stereocenters. The molecule has 2 aromatic carbocycles. The molecule has 0 radical (unpaired) electrons. The average Bonchev–Trinajstić information content (AvgIpc) is 2.92. The molecule has 0 aliphatic rings. The molecule has 0 aliphatic carbocycles. The lowest BCUT2D eigenvalue weighted by atomic mass is 10.2. The van der Waals surface area contributed by atoms with Crippen LogP contribution in [-0.2, 0) is 6.54 Å². The number of aryl methyl sites for hydroxylation is 1. The molecule has 1 aromatic heterocycles. The highest BCUT2D eigenvalue weighted by Gasteiger charge is 2.10. The predicted octanol–water partition coefficient (Wildman–Crippen LogP) is 5.60. The van der Waals surface area contributed by atoms with Crippen molar-refractivity contribution in [3.8, 4) is 0 Å². The molecule has 4 nitrogen and oxygen atoms in total. The maximum atomic E-state index is 13.8. The number of nitrogens with one attached hydrogen (secondary N) is 2. The first-order chi connectivity index (χ1) is 12.4. The molecule has 134 valence electrons. The van der Waals surface area contributed by atoms with Crippen molar-refractivity contribution in [1.29, 1.82) is 0 Å². The van der Waals surface area contributed by atoms with Gasteiger partial charge in [-0.05, 0) is 58.8 Å². The Balaban J connectivity index is 1.68. The van der Waals surface area contributed by atoms with E-state index in [1.807, 2.05) is 19.1 Å². The van der Waals surface area contributed by atoms with Gasteiger partial charge in [0.2, 0.25) is 0 Å². The SMILES string of the molecule is Cc1ccc(NC(=S)Nc2nn(Cc3ccccc3F)cc2Br)cc1Cl. The van der Waals surface area contributed by atoms with Gasteiger partial charge in [0.05, 0.1) is 11.0 Å². The molecular formula is C18H15BrClFN4S. The topological polar surface area (TPSA) is 41.9 Å². The fraction of sp³-hybridized carbons (Fsp3) is 0.111. The largest absolute Gasteiger partial charge is 0.332 e. The smallest absolute Gasteiger partial charge is 0.176 e. The Bertz CT molecular complexity index is 960. The van der Waals surface area contributed by atoms with E-state index in [1.165, 1.54) is 6.07 Å². The fourth-order valence-electron chi connectivity index (χ4n) is 2.30. The second-order valence-corrected chi connectivity index (χ2v) is 7.33. The van der Waals surface area contributed by atoms with E-state index < -0.39 is 0 Å². The zero-order chi connectivity index (χ0) is 18.7. The van der Waals surface area contributed by atoms with Crippen molar-refractivity contribution in [2.45, 2.75) is 13.5 Å². The number of thiocarbonyl (C=S) groups is 1. The molecule has 0 spiro atoms. The molecule has 3 rings (SSSR count). The lowest BCUT2D eigenvalue weighted by molar-refractivity contribution is 0.586. The molecule has 2 N–H and O–H groups in total. The number of aromatic nitrogens is 2. The van der Waals surface area contributed by atoms with Gasteiger partial charge in [0.25, 0.3) is 0 Å². The van der Waals surface area contributed by atoms with E-state index in [1.54, 1.807) is 35.1 Å². The summed E-state index contributed by atoms with van der Waals surface area (Å²) < 4.78 is 16.1. The Morgan fingerprint density at radius 3 is 2.77 bits per heavy atom. The lowest BCUT2D eigenvalue weighted by Gasteiger charge is -2.10. The first kappa shape index (κ1) is 18.8. The van der Waals surface area contributed by atoms with Gasteiger partial charge in [0.15, 0.2) is 10.9 Å². The second kappa shape index (κ2) is 8.16. The summed E-state index contributed by atoms with van der Waals surface area (Å²) in [5, 5.41) is 11.5. The van der Waals surface area contributed by atoms with E-state index in [-0.39, 0.29) is 5.82 Å². The van der Waals surface area contributed by atoms with Gasteiger partial charge in [-0.2, -0.15) is 5.10 Å². The highest BCUT2D eigenvalue weighted by Crippen LogP contribution is 2.23. The normalized spacial score (nSPS) is 10.6. The Kier molecular flexibility index (Phi) is 5.90. The molecule has 8 heteroatoms. The molecule has 3 aromatic rings. The third-order valence-corrected chi connectivity index (χ3v) is 4.86. The van der Waals surface area contributed by atoms with Crippen LogP contribution in [0, 0.1) is 12.7 Å². The van der Waals surface area contributed by atoms with Gasteiger partial charge in [-0.25, -0.2) is 4.39 Å². The van der Waals surface area contributed by atoms with Crippen molar-refractivity contribution in [3.05, 3.63) is 75.1 Å². The van der Waals surface area contributed by atoms with Gasteiger partial charge in [-0.3, -0.25) is 4.68 Å². The average molecular weight is 454 g/mol. The van der Waals surface area contributed by atoms with Crippen LogP contribution in [0.3, 0.4) is 0 Å². The highest BCUT2D eigenvalue weighted by atomic mass is 79.9. The summed E-state index contributed by atoms with van der Waals surface area (Å²) in [4.78, 5) is 0. The van der Waals surface area contributed by atoms with Crippen LogP contribution >= 0.6 is 39.7 Å². The van der Waals surface area contributed by atoms with Crippen molar-refractivity contribution in [2.75, 3.05) is 10.6 Å². The first-order valence-corrected chi connectivity index (χ1v) is 9.31. The second-order valence-electron chi connectivity index (χ2n) is 5.66. The van der Waals surface area contributed by atoms with Crippen LogP contribution in [-0.4, -0.2) is 14.9 Å². The van der Waals surface area contributed by atoms with Gasteiger partial charge in [-0.1, -0.05) is 35.9 Å². The number of nitrogens with zero attached hydrogens (tertiary/aromatic N) is 2. The molecular weight excluding hydrogens is 439 g/mol. The van der Waals surface area contributed by atoms with Crippen LogP contribution in [0.25, 0.3) is 0 Å². The van der Waals surface area contributed by atoms with E-state index in [0.29, 0.717) is 28.1 Å². The van der Waals surface area contributed by atoms with Crippen molar-refractivity contribution in [2.24, 2.45) is 0 Å². The minimum Gasteiger partial charge on any atom is -0.332 e. The summed E-state index contributed by atoms with van der Waals surface area (Å²) in [6.07, 6.45) is 1.76. The quantitative estimate of drug-likeness (QED) is 0.504. The molecule has 26 heavy (non-hydrogen) atoms. The number of rotatable bonds is 4. The summed E-state index contributed by atoms with van der Waals surface area (Å²) in [5.74, 6) is 0.277. The number of benzene rings is 2. The van der Waals surface area contributed by atoms with Gasteiger partial charge in [-0.15, -0.1) is 0 Å². The Labute approximate surface area is 169 Å². The summed E-state index contributed by atoms with van der Waals surface area (Å²) in [6, 6.07) is 12.2. The van der Waals surface area contributed by atoms with Crippen molar-refractivity contribution in [1.82, 2.24) is 9.78 Å². The number of hydrogen-bond acceptors (Lipinski definition) is 2.